The van der Waals surface area contributed by atoms with Gasteiger partial charge in [0.15, 0.2) is 0 Å². The number of nitrogens with two attached hydrogens (primary N) is 1. The monoisotopic (exact) mass is 192 g/mol. The van der Waals surface area contributed by atoms with E-state index in [1.54, 1.807) is 0 Å². The van der Waals surface area contributed by atoms with Gasteiger partial charge < -0.3 is 15.8 Å². The molecule has 0 aromatic heterocycles. The minimum Gasteiger partial charge on any atom is -0.467 e. The molecule has 1 atom stereocenters. The van der Waals surface area contributed by atoms with Crippen molar-refractivity contribution >= 4 is 24.5 Å². The van der Waals surface area contributed by atoms with E-state index in [9.17, 15) is 9.59 Å². The highest BCUT2D eigenvalue weighted by molar-refractivity contribution is 7.80. The molecule has 0 unspecified atom stereocenters. The number of hydrogen-bond acceptors (Lipinski definition) is 5. The van der Waals surface area contributed by atoms with Gasteiger partial charge in [-0.15, -0.1) is 0 Å². The largest absolute Gasteiger partial charge is 0.467 e. The smallest absolute Gasteiger partial charge is 0.329 e. The lowest BCUT2D eigenvalue weighted by Gasteiger charge is -2.12. The van der Waals surface area contributed by atoms with Crippen LogP contribution in [0.15, 0.2) is 0 Å². The zero-order chi connectivity index (χ0) is 9.56. The van der Waals surface area contributed by atoms with Crippen LogP contribution in [0.25, 0.3) is 0 Å². The fourth-order valence-electron chi connectivity index (χ4n) is 0.575. The number of carbonyl (C=O) groups is 2. The van der Waals surface area contributed by atoms with Crippen molar-refractivity contribution < 1.29 is 14.3 Å². The number of amides is 1. The number of carbonyl (C=O) groups excluding carboxylic acids is 2. The summed E-state index contributed by atoms with van der Waals surface area (Å²) in [5.74, 6) is -0.732. The Hall–Kier alpha value is -0.750. The summed E-state index contributed by atoms with van der Waals surface area (Å²) in [6.07, 6.45) is 0. The van der Waals surface area contributed by atoms with Crippen LogP contribution in [0.3, 0.4) is 0 Å². The maximum atomic E-state index is 10.9. The Labute approximate surface area is 76.0 Å². The van der Waals surface area contributed by atoms with Crippen molar-refractivity contribution in [2.45, 2.75) is 6.04 Å². The molecule has 6 heteroatoms. The minimum atomic E-state index is -0.714. The summed E-state index contributed by atoms with van der Waals surface area (Å²) in [6.45, 7) is -0.152. The first kappa shape index (κ1) is 11.2. The lowest BCUT2D eigenvalue weighted by atomic mass is 10.3. The summed E-state index contributed by atoms with van der Waals surface area (Å²) in [5, 5.41) is 2.35. The molecule has 0 aliphatic heterocycles. The van der Waals surface area contributed by atoms with Crippen molar-refractivity contribution in [2.75, 3.05) is 19.4 Å². The Morgan fingerprint density at radius 2 is 2.25 bits per heavy atom. The van der Waals surface area contributed by atoms with Gasteiger partial charge in [0.2, 0.25) is 5.91 Å². The number of hydrogen-bond donors (Lipinski definition) is 3. The molecule has 0 aromatic carbocycles. The lowest BCUT2D eigenvalue weighted by molar-refractivity contribution is -0.144. The molecule has 5 nitrogen and oxygen atoms in total. The van der Waals surface area contributed by atoms with E-state index in [1.807, 2.05) is 0 Å². The molecule has 0 saturated heterocycles. The lowest BCUT2D eigenvalue weighted by Crippen LogP contribution is -2.45. The number of nitrogens with one attached hydrogen (secondary N) is 1. The normalized spacial score (nSPS) is 11.9. The predicted octanol–water partition coefficient (Wildman–Crippen LogP) is -1.47. The van der Waals surface area contributed by atoms with Crippen molar-refractivity contribution in [2.24, 2.45) is 5.73 Å². The molecule has 0 bridgehead atoms. The minimum absolute atomic E-state index is 0.152. The quantitative estimate of drug-likeness (QED) is 0.375. The third-order valence-corrected chi connectivity index (χ3v) is 1.55. The third kappa shape index (κ3) is 3.59. The summed E-state index contributed by atoms with van der Waals surface area (Å²) in [6, 6.07) is -0.714. The summed E-state index contributed by atoms with van der Waals surface area (Å²) >= 11 is 3.87. The maximum absolute atomic E-state index is 10.9. The fraction of sp³-hybridized carbons (Fsp3) is 0.667. The Balaban J connectivity index is 3.99. The van der Waals surface area contributed by atoms with E-state index < -0.39 is 17.9 Å². The van der Waals surface area contributed by atoms with Gasteiger partial charge >= 0.3 is 5.97 Å². The predicted molar refractivity (Wildman–Crippen MR) is 46.9 cm³/mol. The number of ether oxygens (including phenoxy) is 1. The molecule has 0 spiro atoms. The van der Waals surface area contributed by atoms with Crippen molar-refractivity contribution in [3.63, 3.8) is 0 Å². The molecule has 0 heterocycles. The molecule has 0 aliphatic carbocycles. The second kappa shape index (κ2) is 5.84. The summed E-state index contributed by atoms with van der Waals surface area (Å²) < 4.78 is 4.41. The highest BCUT2D eigenvalue weighted by Gasteiger charge is 2.18. The first-order valence-corrected chi connectivity index (χ1v) is 3.97. The Kier molecular flexibility index (Phi) is 5.48. The fourth-order valence-corrected chi connectivity index (χ4v) is 0.815. The first-order valence-electron chi connectivity index (χ1n) is 3.33. The highest BCUT2D eigenvalue weighted by Crippen LogP contribution is 1.90. The standard InChI is InChI=1S/C6H12N2O3S/c1-11-6(10)4(3-12)8-5(9)2-7/h4,12H,2-3,7H2,1H3,(H,8,9)/t4-/m0/s1. The van der Waals surface area contributed by atoms with E-state index in [0.29, 0.717) is 0 Å². The third-order valence-electron chi connectivity index (χ3n) is 1.19. The summed E-state index contributed by atoms with van der Waals surface area (Å²) in [4.78, 5) is 21.6. The number of thiol groups is 1. The van der Waals surface area contributed by atoms with Gasteiger partial charge in [0.05, 0.1) is 13.7 Å². The van der Waals surface area contributed by atoms with Crippen molar-refractivity contribution in [1.29, 1.82) is 0 Å². The van der Waals surface area contributed by atoms with Gasteiger partial charge in [-0.3, -0.25) is 4.79 Å². The van der Waals surface area contributed by atoms with Crippen LogP contribution in [0, 0.1) is 0 Å². The topological polar surface area (TPSA) is 81.4 Å². The average Bonchev–Trinajstić information content (AvgIpc) is 2.12. The van der Waals surface area contributed by atoms with Gasteiger partial charge in [-0.1, -0.05) is 0 Å². The maximum Gasteiger partial charge on any atom is 0.329 e. The molecule has 0 radical (unpaired) electrons. The number of methoxy groups -OCH3 is 1. The molecular weight excluding hydrogens is 180 g/mol. The van der Waals surface area contributed by atoms with Crippen LogP contribution in [-0.4, -0.2) is 37.3 Å². The van der Waals surface area contributed by atoms with Gasteiger partial charge in [-0.25, -0.2) is 4.79 Å². The molecule has 12 heavy (non-hydrogen) atoms. The van der Waals surface area contributed by atoms with E-state index in [4.69, 9.17) is 5.73 Å². The van der Waals surface area contributed by atoms with E-state index in [2.05, 4.69) is 22.7 Å². The second-order valence-electron chi connectivity index (χ2n) is 2.03. The van der Waals surface area contributed by atoms with Crippen LogP contribution in [0.2, 0.25) is 0 Å². The van der Waals surface area contributed by atoms with Crippen molar-refractivity contribution in [1.82, 2.24) is 5.32 Å². The van der Waals surface area contributed by atoms with Gasteiger partial charge in [-0.05, 0) is 0 Å². The Bertz CT molecular complexity index is 174. The van der Waals surface area contributed by atoms with Gasteiger partial charge in [0.1, 0.15) is 6.04 Å². The molecule has 0 fully saturated rings. The van der Waals surface area contributed by atoms with E-state index in [0.717, 1.165) is 0 Å². The Morgan fingerprint density at radius 3 is 2.58 bits per heavy atom. The molecule has 0 aliphatic rings. The zero-order valence-corrected chi connectivity index (χ0v) is 7.64. The molecule has 0 aromatic rings. The van der Waals surface area contributed by atoms with Crippen molar-refractivity contribution in [3.8, 4) is 0 Å². The van der Waals surface area contributed by atoms with Crippen LogP contribution >= 0.6 is 12.6 Å². The molecule has 70 valence electrons. The van der Waals surface area contributed by atoms with Gasteiger partial charge in [0.25, 0.3) is 0 Å². The van der Waals surface area contributed by atoms with E-state index in [-0.39, 0.29) is 12.3 Å². The summed E-state index contributed by atoms with van der Waals surface area (Å²) in [5.41, 5.74) is 5.03. The van der Waals surface area contributed by atoms with Gasteiger partial charge in [-0.2, -0.15) is 12.6 Å². The van der Waals surface area contributed by atoms with E-state index >= 15 is 0 Å². The van der Waals surface area contributed by atoms with Crippen LogP contribution < -0.4 is 11.1 Å². The van der Waals surface area contributed by atoms with E-state index in [1.165, 1.54) is 7.11 Å². The molecule has 0 saturated carbocycles. The first-order chi connectivity index (χ1) is 5.65. The number of esters is 1. The van der Waals surface area contributed by atoms with Crippen LogP contribution in [0.4, 0.5) is 0 Å². The SMILES string of the molecule is COC(=O)[C@H](CS)NC(=O)CN. The zero-order valence-electron chi connectivity index (χ0n) is 6.74. The highest BCUT2D eigenvalue weighted by atomic mass is 32.1. The second-order valence-corrected chi connectivity index (χ2v) is 2.40. The van der Waals surface area contributed by atoms with Crippen LogP contribution in [0.1, 0.15) is 0 Å². The molecule has 1 amide bonds. The number of rotatable bonds is 4. The molecular formula is C6H12N2O3S. The van der Waals surface area contributed by atoms with Crippen molar-refractivity contribution in [3.05, 3.63) is 0 Å². The average molecular weight is 192 g/mol. The molecule has 0 rings (SSSR count). The van der Waals surface area contributed by atoms with Gasteiger partial charge in [0, 0.05) is 5.75 Å². The summed E-state index contributed by atoms with van der Waals surface area (Å²) in [7, 11) is 1.24. The molecule has 3 N–H and O–H groups in total. The Morgan fingerprint density at radius 1 is 1.67 bits per heavy atom. The van der Waals surface area contributed by atoms with Crippen LogP contribution in [0.5, 0.6) is 0 Å². The van der Waals surface area contributed by atoms with Crippen LogP contribution in [-0.2, 0) is 14.3 Å².